The maximum absolute atomic E-state index is 11.0. The van der Waals surface area contributed by atoms with Crippen molar-refractivity contribution in [1.29, 1.82) is 0 Å². The number of hydrogen-bond acceptors (Lipinski definition) is 3. The van der Waals surface area contributed by atoms with Gasteiger partial charge in [0.05, 0.1) is 0 Å². The second-order valence-electron chi connectivity index (χ2n) is 7.89. The Morgan fingerprint density at radius 2 is 1.67 bits per heavy atom. The minimum Gasteiger partial charge on any atom is -0.309 e. The second-order valence-corrected chi connectivity index (χ2v) is 7.89. The van der Waals surface area contributed by atoms with E-state index in [9.17, 15) is 4.79 Å². The fraction of sp³-hybridized carbons (Fsp3) is 0.550. The molecule has 0 radical (unpaired) electrons. The van der Waals surface area contributed by atoms with Gasteiger partial charge >= 0.3 is 0 Å². The van der Waals surface area contributed by atoms with E-state index in [-0.39, 0.29) is 0 Å². The van der Waals surface area contributed by atoms with Crippen molar-refractivity contribution >= 4 is 12.0 Å². The van der Waals surface area contributed by atoms with Crippen molar-refractivity contribution in [2.24, 2.45) is 23.7 Å². The van der Waals surface area contributed by atoms with Gasteiger partial charge in [0.25, 0.3) is 5.91 Å². The Balaban J connectivity index is 1.33. The summed E-state index contributed by atoms with van der Waals surface area (Å²) in [6.07, 6.45) is 10.3. The molecule has 0 atom stereocenters. The van der Waals surface area contributed by atoms with Crippen LogP contribution in [-0.2, 0) is 11.3 Å². The van der Waals surface area contributed by atoms with Crippen LogP contribution in [0.1, 0.15) is 43.2 Å². The summed E-state index contributed by atoms with van der Waals surface area (Å²) in [5.74, 6) is 3.34. The van der Waals surface area contributed by atoms with Crippen LogP contribution in [0, 0.1) is 23.7 Å². The van der Waals surface area contributed by atoms with Crippen LogP contribution in [0.5, 0.6) is 0 Å². The highest BCUT2D eigenvalue weighted by molar-refractivity contribution is 5.90. The van der Waals surface area contributed by atoms with E-state index in [0.717, 1.165) is 35.8 Å². The Bertz CT molecular complexity index is 595. The third kappa shape index (κ3) is 3.26. The Kier molecular flexibility index (Phi) is 4.42. The average Bonchev–Trinajstić information content (AvgIpc) is 2.59. The summed E-state index contributed by atoms with van der Waals surface area (Å²) in [7, 11) is 0. The molecule has 4 nitrogen and oxygen atoms in total. The van der Waals surface area contributed by atoms with Crippen LogP contribution in [0.3, 0.4) is 0 Å². The van der Waals surface area contributed by atoms with Crippen molar-refractivity contribution in [1.82, 2.24) is 10.8 Å². The molecule has 4 saturated carbocycles. The number of rotatable bonds is 5. The molecular formula is C20H26N2O2. The predicted molar refractivity (Wildman–Crippen MR) is 93.1 cm³/mol. The monoisotopic (exact) mass is 326 g/mol. The van der Waals surface area contributed by atoms with Crippen molar-refractivity contribution in [2.75, 3.05) is 0 Å². The van der Waals surface area contributed by atoms with E-state index in [1.54, 1.807) is 11.6 Å². The summed E-state index contributed by atoms with van der Waals surface area (Å²) in [4.78, 5) is 11.0. The van der Waals surface area contributed by atoms with E-state index in [0.29, 0.717) is 6.04 Å². The topological polar surface area (TPSA) is 61.4 Å². The van der Waals surface area contributed by atoms with Gasteiger partial charge < -0.3 is 5.32 Å². The first-order chi connectivity index (χ1) is 11.7. The highest BCUT2D eigenvalue weighted by atomic mass is 16.5. The number of carbonyl (C=O) groups is 1. The highest BCUT2D eigenvalue weighted by Crippen LogP contribution is 2.53. The van der Waals surface area contributed by atoms with Crippen molar-refractivity contribution < 1.29 is 10.0 Å². The van der Waals surface area contributed by atoms with E-state index in [1.165, 1.54) is 43.7 Å². The average molecular weight is 326 g/mol. The molecule has 0 heterocycles. The van der Waals surface area contributed by atoms with E-state index in [1.807, 2.05) is 12.1 Å². The van der Waals surface area contributed by atoms with Gasteiger partial charge in [-0.15, -0.1) is 0 Å². The van der Waals surface area contributed by atoms with E-state index in [2.05, 4.69) is 17.4 Å². The largest absolute Gasteiger partial charge is 0.309 e. The summed E-state index contributed by atoms with van der Waals surface area (Å²) in [6.45, 7) is 0.925. The molecule has 3 N–H and O–H groups in total. The number of nitrogens with one attached hydrogen (secondary N) is 2. The smallest absolute Gasteiger partial charge is 0.267 e. The van der Waals surface area contributed by atoms with Gasteiger partial charge in [0.2, 0.25) is 0 Å². The van der Waals surface area contributed by atoms with Gasteiger partial charge in [-0.1, -0.05) is 24.3 Å². The van der Waals surface area contributed by atoms with Gasteiger partial charge in [-0.2, -0.15) is 0 Å². The van der Waals surface area contributed by atoms with Gasteiger partial charge in [0.15, 0.2) is 0 Å². The zero-order valence-electron chi connectivity index (χ0n) is 13.9. The Morgan fingerprint density at radius 3 is 2.25 bits per heavy atom. The van der Waals surface area contributed by atoms with Gasteiger partial charge in [-0.3, -0.25) is 10.0 Å². The van der Waals surface area contributed by atoms with Crippen LogP contribution < -0.4 is 10.8 Å². The van der Waals surface area contributed by atoms with Crippen molar-refractivity contribution in [2.45, 2.75) is 44.7 Å². The van der Waals surface area contributed by atoms with Crippen LogP contribution >= 0.6 is 0 Å². The minimum absolute atomic E-state index is 0.511. The predicted octanol–water partition coefficient (Wildman–Crippen LogP) is 3.12. The molecule has 4 aliphatic rings. The Labute approximate surface area is 143 Å². The van der Waals surface area contributed by atoms with Gasteiger partial charge in [-0.25, -0.2) is 5.48 Å². The normalized spacial score (nSPS) is 34.0. The molecule has 1 aromatic rings. The number of hydrogen-bond donors (Lipinski definition) is 3. The van der Waals surface area contributed by atoms with Crippen LogP contribution in [0.25, 0.3) is 6.08 Å². The number of amides is 1. The first-order valence-corrected chi connectivity index (χ1v) is 9.15. The SMILES string of the molecule is O=C(C=Cc1ccc(CNC2C3CC4CC(C3)CC2C4)cc1)NO. The number of benzene rings is 1. The standard InChI is InChI=1S/C20H26N2O2/c23-19(22-24)6-5-13-1-3-14(4-2-13)12-21-20-17-8-15-7-16(10-17)11-18(20)9-15/h1-6,15-18,20-21,24H,7-12H2,(H,22,23). The molecule has 1 aromatic carbocycles. The fourth-order valence-electron chi connectivity index (χ4n) is 5.45. The lowest BCUT2D eigenvalue weighted by Gasteiger charge is -2.54. The summed E-state index contributed by atoms with van der Waals surface area (Å²) in [5.41, 5.74) is 3.83. The molecule has 0 aromatic heterocycles. The lowest BCUT2D eigenvalue weighted by Crippen LogP contribution is -2.54. The maximum Gasteiger partial charge on any atom is 0.267 e. The molecule has 4 aliphatic carbocycles. The summed E-state index contributed by atoms with van der Waals surface area (Å²) < 4.78 is 0. The highest BCUT2D eigenvalue weighted by Gasteiger charge is 2.47. The third-order valence-electron chi connectivity index (χ3n) is 6.29. The molecule has 0 aliphatic heterocycles. The van der Waals surface area contributed by atoms with Crippen molar-refractivity contribution in [3.8, 4) is 0 Å². The van der Waals surface area contributed by atoms with E-state index in [4.69, 9.17) is 5.21 Å². The zero-order valence-corrected chi connectivity index (χ0v) is 13.9. The number of carbonyl (C=O) groups excluding carboxylic acids is 1. The quantitative estimate of drug-likeness (QED) is 0.443. The molecule has 5 rings (SSSR count). The van der Waals surface area contributed by atoms with Crippen LogP contribution in [0.4, 0.5) is 0 Å². The molecule has 0 spiro atoms. The first-order valence-electron chi connectivity index (χ1n) is 9.15. The molecule has 128 valence electrons. The summed E-state index contributed by atoms with van der Waals surface area (Å²) in [5, 5.41) is 12.3. The fourth-order valence-corrected chi connectivity index (χ4v) is 5.45. The molecule has 4 heteroatoms. The molecular weight excluding hydrogens is 300 g/mol. The molecule has 1 amide bonds. The maximum atomic E-state index is 11.0. The molecule has 0 saturated heterocycles. The van der Waals surface area contributed by atoms with Gasteiger partial charge in [-0.05, 0) is 73.0 Å². The second kappa shape index (κ2) is 6.69. The Morgan fingerprint density at radius 1 is 1.04 bits per heavy atom. The molecule has 24 heavy (non-hydrogen) atoms. The molecule has 0 unspecified atom stereocenters. The Hall–Kier alpha value is -1.65. The van der Waals surface area contributed by atoms with Crippen molar-refractivity contribution in [3.63, 3.8) is 0 Å². The molecule has 4 fully saturated rings. The van der Waals surface area contributed by atoms with Crippen LogP contribution in [0.15, 0.2) is 30.3 Å². The third-order valence-corrected chi connectivity index (χ3v) is 6.29. The van der Waals surface area contributed by atoms with Gasteiger partial charge in [0.1, 0.15) is 0 Å². The van der Waals surface area contributed by atoms with E-state index < -0.39 is 5.91 Å². The zero-order chi connectivity index (χ0) is 16.5. The number of hydroxylamine groups is 1. The summed E-state index contributed by atoms with van der Waals surface area (Å²) >= 11 is 0. The minimum atomic E-state index is -0.511. The van der Waals surface area contributed by atoms with Gasteiger partial charge in [0, 0.05) is 18.7 Å². The first kappa shape index (κ1) is 15.9. The lowest BCUT2D eigenvalue weighted by atomic mass is 9.54. The molecule has 4 bridgehead atoms. The summed E-state index contributed by atoms with van der Waals surface area (Å²) in [6, 6.07) is 8.95. The van der Waals surface area contributed by atoms with Crippen LogP contribution in [0.2, 0.25) is 0 Å². The van der Waals surface area contributed by atoms with Crippen LogP contribution in [-0.4, -0.2) is 17.2 Å². The lowest BCUT2D eigenvalue weighted by molar-refractivity contribution is -0.124. The van der Waals surface area contributed by atoms with Crippen molar-refractivity contribution in [3.05, 3.63) is 41.5 Å². The van der Waals surface area contributed by atoms with E-state index >= 15 is 0 Å².